The molecule has 0 bridgehead atoms. The van der Waals surface area contributed by atoms with Gasteiger partial charge in [0.15, 0.2) is 11.3 Å². The molecule has 0 saturated carbocycles. The molecule has 0 radical (unpaired) electrons. The Morgan fingerprint density at radius 2 is 2.10 bits per heavy atom. The zero-order valence-corrected chi connectivity index (χ0v) is 10.7. The van der Waals surface area contributed by atoms with Crippen LogP contribution in [0.15, 0.2) is 24.7 Å². The number of hydrogen-bond acceptors (Lipinski definition) is 4. The van der Waals surface area contributed by atoms with Crippen LogP contribution in [0.25, 0.3) is 16.8 Å². The molecule has 1 fully saturated rings. The topological polar surface area (TPSA) is 75.5 Å². The average molecular weight is 271 g/mol. The molecular formula is C13H13N5O2. The molecule has 0 unspecified atom stereocenters. The normalized spacial score (nSPS) is 15.3. The molecule has 1 aliphatic heterocycles. The zero-order chi connectivity index (χ0) is 13.5. The summed E-state index contributed by atoms with van der Waals surface area (Å²) in [7, 11) is 0. The van der Waals surface area contributed by atoms with Crippen LogP contribution in [0.3, 0.4) is 0 Å². The Hall–Kier alpha value is -2.57. The van der Waals surface area contributed by atoms with Crippen LogP contribution in [0.2, 0.25) is 0 Å². The highest BCUT2D eigenvalue weighted by molar-refractivity contribution is 5.76. The van der Waals surface area contributed by atoms with Gasteiger partial charge < -0.3 is 14.6 Å². The van der Waals surface area contributed by atoms with Crippen molar-refractivity contribution in [3.8, 4) is 5.88 Å². The molecule has 102 valence electrons. The Morgan fingerprint density at radius 3 is 2.95 bits per heavy atom. The predicted molar refractivity (Wildman–Crippen MR) is 71.7 cm³/mol. The Bertz CT molecular complexity index is 784. The van der Waals surface area contributed by atoms with Gasteiger partial charge in [-0.05, 0) is 18.9 Å². The average Bonchev–Trinajstić information content (AvgIpc) is 3.18. The van der Waals surface area contributed by atoms with E-state index in [9.17, 15) is 4.79 Å². The lowest BCUT2D eigenvalue weighted by atomic mass is 10.4. The van der Waals surface area contributed by atoms with Crippen molar-refractivity contribution in [2.75, 3.05) is 13.1 Å². The minimum atomic E-state index is -0.315. The standard InChI is InChI=1S/C13H13N5O2/c19-13(17-5-1-2-6-17)20-11-8-15-10-7-16-12-9(18(10)11)3-4-14-12/h3-4,7-8,14H,1-2,5-6H2. The number of rotatable bonds is 1. The van der Waals surface area contributed by atoms with E-state index in [2.05, 4.69) is 15.0 Å². The van der Waals surface area contributed by atoms with Crippen molar-refractivity contribution in [1.29, 1.82) is 0 Å². The second kappa shape index (κ2) is 4.22. The van der Waals surface area contributed by atoms with E-state index < -0.39 is 0 Å². The van der Waals surface area contributed by atoms with Crippen LogP contribution in [0.5, 0.6) is 5.88 Å². The summed E-state index contributed by atoms with van der Waals surface area (Å²) >= 11 is 0. The number of aromatic amines is 1. The van der Waals surface area contributed by atoms with Gasteiger partial charge in [0.2, 0.25) is 5.88 Å². The summed E-state index contributed by atoms with van der Waals surface area (Å²) in [6.45, 7) is 1.52. The zero-order valence-electron chi connectivity index (χ0n) is 10.7. The first-order valence-electron chi connectivity index (χ1n) is 6.59. The predicted octanol–water partition coefficient (Wildman–Crippen LogP) is 1.81. The number of carbonyl (C=O) groups is 1. The van der Waals surface area contributed by atoms with Crippen LogP contribution in [-0.2, 0) is 0 Å². The second-order valence-corrected chi connectivity index (χ2v) is 4.82. The highest BCUT2D eigenvalue weighted by atomic mass is 16.6. The summed E-state index contributed by atoms with van der Waals surface area (Å²) in [4.78, 5) is 25.3. The van der Waals surface area contributed by atoms with E-state index in [0.29, 0.717) is 11.5 Å². The van der Waals surface area contributed by atoms with E-state index in [4.69, 9.17) is 4.74 Å². The number of H-pyrrole nitrogens is 1. The first kappa shape index (κ1) is 11.3. The molecule has 3 aromatic heterocycles. The number of imidazole rings is 1. The third-order valence-electron chi connectivity index (χ3n) is 3.57. The maximum atomic E-state index is 12.1. The van der Waals surface area contributed by atoms with Crippen molar-refractivity contribution < 1.29 is 9.53 Å². The van der Waals surface area contributed by atoms with Gasteiger partial charge in [-0.15, -0.1) is 0 Å². The molecule has 1 saturated heterocycles. The van der Waals surface area contributed by atoms with Crippen molar-refractivity contribution in [2.45, 2.75) is 12.8 Å². The molecule has 4 heterocycles. The van der Waals surface area contributed by atoms with Gasteiger partial charge in [-0.3, -0.25) is 4.40 Å². The molecule has 0 aliphatic carbocycles. The third kappa shape index (κ3) is 1.63. The number of carbonyl (C=O) groups excluding carboxylic acids is 1. The summed E-state index contributed by atoms with van der Waals surface area (Å²) in [5.74, 6) is 0.420. The molecule has 4 rings (SSSR count). The van der Waals surface area contributed by atoms with Gasteiger partial charge >= 0.3 is 6.09 Å². The fourth-order valence-corrected chi connectivity index (χ4v) is 2.57. The number of aromatic nitrogens is 4. The highest BCUT2D eigenvalue weighted by Gasteiger charge is 2.21. The van der Waals surface area contributed by atoms with Crippen LogP contribution in [-0.4, -0.2) is 43.4 Å². The Balaban J connectivity index is 1.75. The van der Waals surface area contributed by atoms with E-state index in [1.807, 2.05) is 6.07 Å². The molecule has 0 spiro atoms. The molecule has 1 amide bonds. The van der Waals surface area contributed by atoms with Crippen molar-refractivity contribution in [3.63, 3.8) is 0 Å². The molecule has 1 aliphatic rings. The number of likely N-dealkylation sites (tertiary alicyclic amines) is 1. The fourth-order valence-electron chi connectivity index (χ4n) is 2.57. The van der Waals surface area contributed by atoms with Gasteiger partial charge in [0.1, 0.15) is 0 Å². The van der Waals surface area contributed by atoms with Crippen molar-refractivity contribution >= 4 is 22.9 Å². The second-order valence-electron chi connectivity index (χ2n) is 4.82. The monoisotopic (exact) mass is 271 g/mol. The first-order chi connectivity index (χ1) is 9.83. The highest BCUT2D eigenvalue weighted by Crippen LogP contribution is 2.21. The van der Waals surface area contributed by atoms with Gasteiger partial charge in [0.05, 0.1) is 17.9 Å². The van der Waals surface area contributed by atoms with Crippen LogP contribution in [0.1, 0.15) is 12.8 Å². The third-order valence-corrected chi connectivity index (χ3v) is 3.57. The molecular weight excluding hydrogens is 258 g/mol. The minimum absolute atomic E-state index is 0.315. The minimum Gasteiger partial charge on any atom is -0.391 e. The van der Waals surface area contributed by atoms with E-state index >= 15 is 0 Å². The van der Waals surface area contributed by atoms with Gasteiger partial charge in [-0.25, -0.2) is 14.8 Å². The summed E-state index contributed by atoms with van der Waals surface area (Å²) < 4.78 is 7.26. The maximum absolute atomic E-state index is 12.1. The van der Waals surface area contributed by atoms with Crippen LogP contribution in [0.4, 0.5) is 4.79 Å². The van der Waals surface area contributed by atoms with Crippen molar-refractivity contribution in [2.24, 2.45) is 0 Å². The smallest absolute Gasteiger partial charge is 0.391 e. The van der Waals surface area contributed by atoms with E-state index in [1.54, 1.807) is 27.9 Å². The van der Waals surface area contributed by atoms with Gasteiger partial charge in [-0.2, -0.15) is 0 Å². The summed E-state index contributed by atoms with van der Waals surface area (Å²) in [5.41, 5.74) is 2.22. The first-order valence-corrected chi connectivity index (χ1v) is 6.59. The number of nitrogens with zero attached hydrogens (tertiary/aromatic N) is 4. The number of fused-ring (bicyclic) bond motifs is 3. The SMILES string of the molecule is O=C(Oc1cnc2cnc3[nH]ccc3n12)N1CCCC1. The maximum Gasteiger partial charge on any atom is 0.416 e. The van der Waals surface area contributed by atoms with Gasteiger partial charge in [0.25, 0.3) is 0 Å². The van der Waals surface area contributed by atoms with Gasteiger partial charge in [-0.1, -0.05) is 0 Å². The lowest BCUT2D eigenvalue weighted by molar-refractivity contribution is 0.160. The van der Waals surface area contributed by atoms with E-state index in [1.165, 1.54) is 0 Å². The van der Waals surface area contributed by atoms with Crippen molar-refractivity contribution in [1.82, 2.24) is 24.3 Å². The number of ether oxygens (including phenoxy) is 1. The summed E-state index contributed by atoms with van der Waals surface area (Å²) in [6.07, 6.45) is 6.75. The molecule has 7 heteroatoms. The lowest BCUT2D eigenvalue weighted by Gasteiger charge is -2.14. The molecule has 7 nitrogen and oxygen atoms in total. The molecule has 0 atom stereocenters. The largest absolute Gasteiger partial charge is 0.416 e. The Kier molecular flexibility index (Phi) is 2.38. The number of amides is 1. The fraction of sp³-hybridized carbons (Fsp3) is 0.308. The quantitative estimate of drug-likeness (QED) is 0.732. The Labute approximate surface area is 114 Å². The number of hydrogen-bond donors (Lipinski definition) is 1. The van der Waals surface area contributed by atoms with Crippen LogP contribution < -0.4 is 4.74 Å². The van der Waals surface area contributed by atoms with Gasteiger partial charge in [0, 0.05) is 19.3 Å². The van der Waals surface area contributed by atoms with E-state index in [-0.39, 0.29) is 6.09 Å². The molecule has 20 heavy (non-hydrogen) atoms. The molecule has 1 N–H and O–H groups in total. The van der Waals surface area contributed by atoms with Crippen molar-refractivity contribution in [3.05, 3.63) is 24.7 Å². The molecule has 3 aromatic rings. The van der Waals surface area contributed by atoms with Crippen LogP contribution >= 0.6 is 0 Å². The van der Waals surface area contributed by atoms with Crippen LogP contribution in [0, 0.1) is 0 Å². The lowest BCUT2D eigenvalue weighted by Crippen LogP contribution is -2.30. The molecule has 0 aromatic carbocycles. The number of nitrogens with one attached hydrogen (secondary N) is 1. The Morgan fingerprint density at radius 1 is 1.25 bits per heavy atom. The summed E-state index contributed by atoms with van der Waals surface area (Å²) in [6, 6.07) is 1.88. The van der Waals surface area contributed by atoms with E-state index in [0.717, 1.165) is 37.1 Å². The summed E-state index contributed by atoms with van der Waals surface area (Å²) in [5, 5.41) is 0.